The summed E-state index contributed by atoms with van der Waals surface area (Å²) in [6.07, 6.45) is 0. The molecule has 13 heavy (non-hydrogen) atoms. The Morgan fingerprint density at radius 2 is 1.85 bits per heavy atom. The largest absolute Gasteiger partial charge is 0.507 e. The predicted octanol–water partition coefficient (Wildman–Crippen LogP) is 1.41. The number of carboxylic acid groups (broad SMARTS) is 1. The summed E-state index contributed by atoms with van der Waals surface area (Å²) in [7, 11) is 0. The van der Waals surface area contributed by atoms with Crippen LogP contribution in [0, 0.1) is 13.8 Å². The van der Waals surface area contributed by atoms with Gasteiger partial charge in [-0.3, -0.25) is 0 Å². The Labute approximate surface area is 75.1 Å². The lowest BCUT2D eigenvalue weighted by Crippen LogP contribution is -1.99. The molecule has 0 bridgehead atoms. The highest BCUT2D eigenvalue weighted by atomic mass is 16.4. The standard InChI is InChI=1S/C9H10O4/c1-4-3-6(10)7(9(12)13)8(11)5(4)2/h3,10-11H,1-2H3,(H,12,13). The lowest BCUT2D eigenvalue weighted by molar-refractivity contribution is 0.0690. The fourth-order valence-electron chi connectivity index (χ4n) is 1.09. The van der Waals surface area contributed by atoms with Gasteiger partial charge in [-0.25, -0.2) is 4.79 Å². The Morgan fingerprint density at radius 1 is 1.31 bits per heavy atom. The van der Waals surface area contributed by atoms with Crippen LogP contribution in [0.15, 0.2) is 6.07 Å². The molecule has 1 aromatic carbocycles. The van der Waals surface area contributed by atoms with Gasteiger partial charge in [0.25, 0.3) is 0 Å². The minimum atomic E-state index is -1.34. The number of aryl methyl sites for hydroxylation is 1. The third kappa shape index (κ3) is 1.42. The van der Waals surface area contributed by atoms with E-state index in [2.05, 4.69) is 0 Å². The van der Waals surface area contributed by atoms with Crippen LogP contribution in [0.4, 0.5) is 0 Å². The molecule has 0 unspecified atom stereocenters. The molecular formula is C9H10O4. The van der Waals surface area contributed by atoms with Gasteiger partial charge in [0.2, 0.25) is 0 Å². The second-order valence-electron chi connectivity index (χ2n) is 2.87. The summed E-state index contributed by atoms with van der Waals surface area (Å²) < 4.78 is 0. The van der Waals surface area contributed by atoms with Gasteiger partial charge < -0.3 is 15.3 Å². The van der Waals surface area contributed by atoms with Crippen LogP contribution in [0.1, 0.15) is 21.5 Å². The lowest BCUT2D eigenvalue weighted by atomic mass is 10.0. The molecule has 0 aliphatic rings. The van der Waals surface area contributed by atoms with Crippen molar-refractivity contribution in [3.05, 3.63) is 22.8 Å². The second-order valence-corrected chi connectivity index (χ2v) is 2.87. The fraction of sp³-hybridized carbons (Fsp3) is 0.222. The van der Waals surface area contributed by atoms with Crippen molar-refractivity contribution in [3.63, 3.8) is 0 Å². The van der Waals surface area contributed by atoms with E-state index in [0.717, 1.165) is 0 Å². The van der Waals surface area contributed by atoms with E-state index in [1.54, 1.807) is 13.8 Å². The van der Waals surface area contributed by atoms with Crippen molar-refractivity contribution in [2.75, 3.05) is 0 Å². The maximum atomic E-state index is 10.6. The quantitative estimate of drug-likeness (QED) is 0.613. The fourth-order valence-corrected chi connectivity index (χ4v) is 1.09. The third-order valence-electron chi connectivity index (χ3n) is 2.01. The van der Waals surface area contributed by atoms with Gasteiger partial charge in [0.15, 0.2) is 0 Å². The van der Waals surface area contributed by atoms with Gasteiger partial charge in [-0.15, -0.1) is 0 Å². The van der Waals surface area contributed by atoms with Gasteiger partial charge in [-0.05, 0) is 31.0 Å². The van der Waals surface area contributed by atoms with Crippen molar-refractivity contribution in [1.29, 1.82) is 0 Å². The van der Waals surface area contributed by atoms with E-state index in [1.165, 1.54) is 6.07 Å². The van der Waals surface area contributed by atoms with Crippen molar-refractivity contribution in [2.24, 2.45) is 0 Å². The molecule has 3 N–H and O–H groups in total. The number of aromatic carboxylic acids is 1. The highest BCUT2D eigenvalue weighted by molar-refractivity contribution is 5.94. The molecule has 0 fully saturated rings. The van der Waals surface area contributed by atoms with Gasteiger partial charge in [0.05, 0.1) is 0 Å². The molecule has 0 spiro atoms. The van der Waals surface area contributed by atoms with E-state index in [1.807, 2.05) is 0 Å². The lowest BCUT2D eigenvalue weighted by Gasteiger charge is -2.08. The molecule has 1 aromatic rings. The number of carboxylic acids is 1. The molecule has 0 amide bonds. The summed E-state index contributed by atoms with van der Waals surface area (Å²) in [4.78, 5) is 10.6. The van der Waals surface area contributed by atoms with Gasteiger partial charge in [0.1, 0.15) is 17.1 Å². The first-order valence-electron chi connectivity index (χ1n) is 3.70. The molecule has 1 rings (SSSR count). The summed E-state index contributed by atoms with van der Waals surface area (Å²) in [6, 6.07) is 1.32. The third-order valence-corrected chi connectivity index (χ3v) is 2.01. The normalized spacial score (nSPS) is 10.0. The zero-order valence-electron chi connectivity index (χ0n) is 7.33. The van der Waals surface area contributed by atoms with Gasteiger partial charge in [0, 0.05) is 0 Å². The van der Waals surface area contributed by atoms with Crippen LogP contribution >= 0.6 is 0 Å². The van der Waals surface area contributed by atoms with Crippen LogP contribution in [-0.2, 0) is 0 Å². The molecule has 0 radical (unpaired) electrons. The number of benzene rings is 1. The van der Waals surface area contributed by atoms with Crippen LogP contribution in [0.3, 0.4) is 0 Å². The Balaban J connectivity index is 3.53. The van der Waals surface area contributed by atoms with E-state index in [-0.39, 0.29) is 5.75 Å². The highest BCUT2D eigenvalue weighted by Gasteiger charge is 2.18. The minimum Gasteiger partial charge on any atom is -0.507 e. The van der Waals surface area contributed by atoms with Crippen molar-refractivity contribution < 1.29 is 20.1 Å². The number of aromatic hydroxyl groups is 2. The van der Waals surface area contributed by atoms with Crippen LogP contribution in [0.25, 0.3) is 0 Å². The van der Waals surface area contributed by atoms with Crippen molar-refractivity contribution >= 4 is 5.97 Å². The average Bonchev–Trinajstić information content (AvgIpc) is 1.99. The number of hydrogen-bond acceptors (Lipinski definition) is 3. The molecule has 0 aromatic heterocycles. The van der Waals surface area contributed by atoms with Crippen molar-refractivity contribution in [1.82, 2.24) is 0 Å². The molecule has 0 aliphatic heterocycles. The van der Waals surface area contributed by atoms with E-state index < -0.39 is 17.3 Å². The van der Waals surface area contributed by atoms with Gasteiger partial charge in [-0.1, -0.05) is 0 Å². The molecule has 0 atom stereocenters. The minimum absolute atomic E-state index is 0.370. The van der Waals surface area contributed by atoms with Crippen LogP contribution in [0.2, 0.25) is 0 Å². The summed E-state index contributed by atoms with van der Waals surface area (Å²) in [5.74, 6) is -2.11. The van der Waals surface area contributed by atoms with E-state index in [9.17, 15) is 15.0 Å². The van der Waals surface area contributed by atoms with Crippen molar-refractivity contribution in [3.8, 4) is 11.5 Å². The van der Waals surface area contributed by atoms with Gasteiger partial charge >= 0.3 is 5.97 Å². The first-order chi connectivity index (χ1) is 5.95. The summed E-state index contributed by atoms with van der Waals surface area (Å²) in [6.45, 7) is 3.27. The molecule has 0 aliphatic carbocycles. The monoisotopic (exact) mass is 182 g/mol. The molecule has 4 heteroatoms. The topological polar surface area (TPSA) is 77.8 Å². The Morgan fingerprint density at radius 3 is 2.31 bits per heavy atom. The van der Waals surface area contributed by atoms with Crippen LogP contribution < -0.4 is 0 Å². The number of hydrogen-bond donors (Lipinski definition) is 3. The zero-order valence-corrected chi connectivity index (χ0v) is 7.33. The SMILES string of the molecule is Cc1cc(O)c(C(=O)O)c(O)c1C. The number of phenols is 2. The van der Waals surface area contributed by atoms with Crippen LogP contribution in [-0.4, -0.2) is 21.3 Å². The molecular weight excluding hydrogens is 172 g/mol. The van der Waals surface area contributed by atoms with Gasteiger partial charge in [-0.2, -0.15) is 0 Å². The highest BCUT2D eigenvalue weighted by Crippen LogP contribution is 2.32. The van der Waals surface area contributed by atoms with Crippen LogP contribution in [0.5, 0.6) is 11.5 Å². The Bertz CT molecular complexity index is 368. The first kappa shape index (κ1) is 9.38. The van der Waals surface area contributed by atoms with E-state index >= 15 is 0 Å². The summed E-state index contributed by atoms with van der Waals surface area (Å²) >= 11 is 0. The Hall–Kier alpha value is -1.71. The smallest absolute Gasteiger partial charge is 0.343 e. The number of rotatable bonds is 1. The molecule has 0 saturated carbocycles. The van der Waals surface area contributed by atoms with E-state index in [0.29, 0.717) is 11.1 Å². The number of carbonyl (C=O) groups is 1. The maximum Gasteiger partial charge on any atom is 0.343 e. The Kier molecular flexibility index (Phi) is 2.14. The predicted molar refractivity (Wildman–Crippen MR) is 46.2 cm³/mol. The molecule has 70 valence electrons. The summed E-state index contributed by atoms with van der Waals surface area (Å²) in [5.41, 5.74) is 0.679. The maximum absolute atomic E-state index is 10.6. The second kappa shape index (κ2) is 2.97. The molecule has 0 heterocycles. The average molecular weight is 182 g/mol. The molecule has 0 saturated heterocycles. The van der Waals surface area contributed by atoms with Crippen molar-refractivity contribution in [2.45, 2.75) is 13.8 Å². The zero-order chi connectivity index (χ0) is 10.2. The first-order valence-corrected chi connectivity index (χ1v) is 3.70. The summed E-state index contributed by atoms with van der Waals surface area (Å²) in [5, 5.41) is 27.3. The van der Waals surface area contributed by atoms with E-state index in [4.69, 9.17) is 5.11 Å². The molecule has 4 nitrogen and oxygen atoms in total.